The van der Waals surface area contributed by atoms with Crippen molar-refractivity contribution in [2.45, 2.75) is 44.2 Å². The van der Waals surface area contributed by atoms with E-state index in [9.17, 15) is 23.3 Å². The van der Waals surface area contributed by atoms with Crippen molar-refractivity contribution in [3.05, 3.63) is 76.0 Å². The number of nitrogens with one attached hydrogen (secondary N) is 1. The second-order valence-corrected chi connectivity index (χ2v) is 9.20. The van der Waals surface area contributed by atoms with E-state index in [1.165, 1.54) is 24.3 Å². The number of sulfonamides is 1. The van der Waals surface area contributed by atoms with Crippen LogP contribution in [0, 0.1) is 17.0 Å². The lowest BCUT2D eigenvalue weighted by atomic mass is 10.0. The number of aromatic nitrogens is 1. The second kappa shape index (κ2) is 9.41. The Morgan fingerprint density at radius 1 is 1.16 bits per heavy atom. The molecule has 9 nitrogen and oxygen atoms in total. The van der Waals surface area contributed by atoms with Crippen molar-refractivity contribution >= 4 is 32.6 Å². The van der Waals surface area contributed by atoms with Gasteiger partial charge in [0.15, 0.2) is 0 Å². The molecule has 0 fully saturated rings. The van der Waals surface area contributed by atoms with Crippen molar-refractivity contribution in [2.75, 3.05) is 0 Å². The minimum atomic E-state index is -4.19. The number of esters is 1. The van der Waals surface area contributed by atoms with Crippen LogP contribution in [0.1, 0.15) is 37.4 Å². The average molecular weight is 458 g/mol. The molecule has 0 aliphatic carbocycles. The van der Waals surface area contributed by atoms with Crippen LogP contribution < -0.4 is 4.72 Å². The Bertz CT molecular complexity index is 1270. The first-order valence-corrected chi connectivity index (χ1v) is 11.4. The minimum absolute atomic E-state index is 0.0352. The summed E-state index contributed by atoms with van der Waals surface area (Å²) in [6.07, 6.45) is 0.735. The highest BCUT2D eigenvalue weighted by Crippen LogP contribution is 2.31. The van der Waals surface area contributed by atoms with Gasteiger partial charge in [0.05, 0.1) is 33.9 Å². The third-order valence-corrected chi connectivity index (χ3v) is 6.29. The highest BCUT2D eigenvalue weighted by atomic mass is 32.2. The number of nitro benzene ring substituents is 1. The van der Waals surface area contributed by atoms with E-state index >= 15 is 0 Å². The van der Waals surface area contributed by atoms with Crippen molar-refractivity contribution in [3.8, 4) is 0 Å². The zero-order valence-electron chi connectivity index (χ0n) is 17.8. The molecule has 0 radical (unpaired) electrons. The number of fused-ring (bicyclic) bond motifs is 1. The van der Waals surface area contributed by atoms with E-state index < -0.39 is 39.5 Å². The summed E-state index contributed by atoms with van der Waals surface area (Å²) in [5.41, 5.74) is 1.09. The summed E-state index contributed by atoms with van der Waals surface area (Å²) in [4.78, 5) is 27.5. The molecule has 0 saturated heterocycles. The largest absolute Gasteiger partial charge is 0.463 e. The van der Waals surface area contributed by atoms with E-state index in [0.717, 1.165) is 5.56 Å². The summed E-state index contributed by atoms with van der Waals surface area (Å²) in [7, 11) is -4.19. The van der Waals surface area contributed by atoms with E-state index in [2.05, 4.69) is 9.71 Å². The molecule has 0 aliphatic rings. The smallest absolute Gasteiger partial charge is 0.308 e. The molecule has 0 bridgehead atoms. The fourth-order valence-corrected chi connectivity index (χ4v) is 4.83. The second-order valence-electron chi connectivity index (χ2n) is 7.51. The number of aryl methyl sites for hydroxylation is 1. The molecule has 32 heavy (non-hydrogen) atoms. The molecule has 3 rings (SSSR count). The lowest BCUT2D eigenvalue weighted by Gasteiger charge is -2.20. The third kappa shape index (κ3) is 5.09. The molecule has 0 spiro atoms. The SMILES string of the molecule is Cc1ccc(S(=O)(=O)NC(CC(=O)OC(C)C)c2ccccc2[N+](=O)[O-])c2cccnc12. The number of benzene rings is 2. The number of nitro groups is 1. The van der Waals surface area contributed by atoms with Gasteiger partial charge < -0.3 is 4.74 Å². The Balaban J connectivity index is 2.08. The fourth-order valence-electron chi connectivity index (χ4n) is 3.41. The van der Waals surface area contributed by atoms with Crippen LogP contribution in [-0.4, -0.2) is 30.4 Å². The number of rotatable bonds is 8. The van der Waals surface area contributed by atoms with Gasteiger partial charge in [-0.15, -0.1) is 0 Å². The van der Waals surface area contributed by atoms with E-state index in [4.69, 9.17) is 4.74 Å². The maximum Gasteiger partial charge on any atom is 0.308 e. The van der Waals surface area contributed by atoms with Gasteiger partial charge in [-0.3, -0.25) is 19.9 Å². The van der Waals surface area contributed by atoms with Crippen LogP contribution in [-0.2, 0) is 19.6 Å². The molecule has 0 saturated carbocycles. The van der Waals surface area contributed by atoms with E-state index in [-0.39, 0.29) is 16.1 Å². The monoisotopic (exact) mass is 457 g/mol. The summed E-state index contributed by atoms with van der Waals surface area (Å²) in [5.74, 6) is -0.679. The van der Waals surface area contributed by atoms with Crippen LogP contribution in [0.25, 0.3) is 10.9 Å². The minimum Gasteiger partial charge on any atom is -0.463 e. The van der Waals surface area contributed by atoms with Gasteiger partial charge in [0.1, 0.15) is 0 Å². The van der Waals surface area contributed by atoms with Crippen molar-refractivity contribution in [1.29, 1.82) is 0 Å². The van der Waals surface area contributed by atoms with Crippen LogP contribution in [0.15, 0.2) is 59.6 Å². The molecule has 168 valence electrons. The van der Waals surface area contributed by atoms with Crippen molar-refractivity contribution < 1.29 is 22.9 Å². The number of carbonyl (C=O) groups excluding carboxylic acids is 1. The molecule has 1 atom stereocenters. The van der Waals surface area contributed by atoms with Crippen LogP contribution in [0.4, 0.5) is 5.69 Å². The van der Waals surface area contributed by atoms with Gasteiger partial charge in [-0.25, -0.2) is 13.1 Å². The molecular formula is C22H23N3O6S. The number of carbonyl (C=O) groups is 1. The van der Waals surface area contributed by atoms with Gasteiger partial charge in [0.25, 0.3) is 5.69 Å². The van der Waals surface area contributed by atoms with Crippen LogP contribution >= 0.6 is 0 Å². The fraction of sp³-hybridized carbons (Fsp3) is 0.273. The van der Waals surface area contributed by atoms with E-state index in [0.29, 0.717) is 10.9 Å². The predicted octanol–water partition coefficient (Wildman–Crippen LogP) is 3.81. The zero-order valence-corrected chi connectivity index (χ0v) is 18.6. The van der Waals surface area contributed by atoms with Crippen LogP contribution in [0.2, 0.25) is 0 Å². The molecule has 1 aromatic heterocycles. The van der Waals surface area contributed by atoms with E-state index in [1.54, 1.807) is 44.3 Å². The molecule has 1 heterocycles. The zero-order chi connectivity index (χ0) is 23.5. The van der Waals surface area contributed by atoms with Crippen LogP contribution in [0.5, 0.6) is 0 Å². The first kappa shape index (κ1) is 23.3. The number of ether oxygens (including phenoxy) is 1. The number of hydrogen-bond acceptors (Lipinski definition) is 7. The molecule has 0 amide bonds. The lowest BCUT2D eigenvalue weighted by Crippen LogP contribution is -2.31. The Labute approximate surface area is 185 Å². The van der Waals surface area contributed by atoms with Crippen molar-refractivity contribution in [1.82, 2.24) is 9.71 Å². The first-order chi connectivity index (χ1) is 15.1. The van der Waals surface area contributed by atoms with Crippen LogP contribution in [0.3, 0.4) is 0 Å². The topological polar surface area (TPSA) is 128 Å². The summed E-state index contributed by atoms with van der Waals surface area (Å²) in [5, 5.41) is 11.9. The normalized spacial score (nSPS) is 12.6. The predicted molar refractivity (Wildman–Crippen MR) is 118 cm³/mol. The maximum atomic E-state index is 13.4. The molecule has 0 aliphatic heterocycles. The van der Waals surface area contributed by atoms with Crippen molar-refractivity contribution in [2.24, 2.45) is 0 Å². The summed E-state index contributed by atoms with van der Waals surface area (Å²) in [6.45, 7) is 5.14. The van der Waals surface area contributed by atoms with Gasteiger partial charge >= 0.3 is 5.97 Å². The van der Waals surface area contributed by atoms with Gasteiger partial charge in [-0.05, 0) is 44.5 Å². The van der Waals surface area contributed by atoms with Gasteiger partial charge in [0.2, 0.25) is 10.0 Å². The van der Waals surface area contributed by atoms with Gasteiger partial charge in [0, 0.05) is 23.2 Å². The van der Waals surface area contributed by atoms with E-state index in [1.807, 2.05) is 6.92 Å². The van der Waals surface area contributed by atoms with Gasteiger partial charge in [-0.1, -0.05) is 24.3 Å². The summed E-state index contributed by atoms with van der Waals surface area (Å²) < 4.78 is 34.4. The first-order valence-electron chi connectivity index (χ1n) is 9.89. The third-order valence-electron chi connectivity index (χ3n) is 4.77. The number of hydrogen-bond donors (Lipinski definition) is 1. The maximum absolute atomic E-state index is 13.4. The quantitative estimate of drug-likeness (QED) is 0.309. The molecule has 1 unspecified atom stereocenters. The number of para-hydroxylation sites is 1. The number of nitrogens with zero attached hydrogens (tertiary/aromatic N) is 2. The Hall–Kier alpha value is -3.37. The highest BCUT2D eigenvalue weighted by Gasteiger charge is 2.30. The average Bonchev–Trinajstić information content (AvgIpc) is 2.72. The Kier molecular flexibility index (Phi) is 6.85. The molecule has 10 heteroatoms. The molecule has 3 aromatic rings. The Morgan fingerprint density at radius 3 is 2.56 bits per heavy atom. The number of pyridine rings is 1. The summed E-state index contributed by atoms with van der Waals surface area (Å²) in [6, 6.07) is 10.8. The summed E-state index contributed by atoms with van der Waals surface area (Å²) >= 11 is 0. The molecule has 2 aromatic carbocycles. The standard InChI is InChI=1S/C22H23N3O6S/c1-14(2)31-21(26)13-18(16-7-4-5-9-19(16)25(27)28)24-32(29,30)20-11-10-15(3)22-17(20)8-6-12-23-22/h4-12,14,18,24H,13H2,1-3H3. The Morgan fingerprint density at radius 2 is 1.88 bits per heavy atom. The molecule has 1 N–H and O–H groups in total. The lowest BCUT2D eigenvalue weighted by molar-refractivity contribution is -0.385. The van der Waals surface area contributed by atoms with Crippen molar-refractivity contribution in [3.63, 3.8) is 0 Å². The highest BCUT2D eigenvalue weighted by molar-refractivity contribution is 7.89. The molecular weight excluding hydrogens is 434 g/mol. The van der Waals surface area contributed by atoms with Gasteiger partial charge in [-0.2, -0.15) is 0 Å².